The van der Waals surface area contributed by atoms with Gasteiger partial charge in [0.2, 0.25) is 0 Å². The number of amides is 2. The van der Waals surface area contributed by atoms with E-state index in [4.69, 9.17) is 0 Å². The zero-order valence-electron chi connectivity index (χ0n) is 11.4. The van der Waals surface area contributed by atoms with Gasteiger partial charge >= 0.3 is 6.03 Å². The zero-order chi connectivity index (χ0) is 13.2. The van der Waals surface area contributed by atoms with Crippen LogP contribution in [0.3, 0.4) is 0 Å². The van der Waals surface area contributed by atoms with Gasteiger partial charge in [0.15, 0.2) is 0 Å². The lowest BCUT2D eigenvalue weighted by Gasteiger charge is -2.20. The first-order chi connectivity index (χ1) is 9.28. The quantitative estimate of drug-likeness (QED) is 0.872. The number of hydrogen-bond acceptors (Lipinski definition) is 3. The van der Waals surface area contributed by atoms with Crippen molar-refractivity contribution in [2.75, 3.05) is 13.1 Å². The van der Waals surface area contributed by atoms with Crippen molar-refractivity contribution < 1.29 is 4.79 Å². The summed E-state index contributed by atoms with van der Waals surface area (Å²) < 4.78 is 0. The first-order valence-corrected chi connectivity index (χ1v) is 7.15. The smallest absolute Gasteiger partial charge is 0.317 e. The van der Waals surface area contributed by atoms with E-state index < -0.39 is 0 Å². The number of urea groups is 1. The molecule has 1 aliphatic heterocycles. The van der Waals surface area contributed by atoms with Gasteiger partial charge in [0.1, 0.15) is 6.33 Å². The van der Waals surface area contributed by atoms with Crippen LogP contribution in [0.1, 0.15) is 36.7 Å². The molecule has 1 N–H and O–H groups in total. The molecule has 1 aromatic heterocycles. The van der Waals surface area contributed by atoms with E-state index >= 15 is 0 Å². The maximum absolute atomic E-state index is 12.1. The largest absolute Gasteiger partial charge is 0.335 e. The number of fused-ring (bicyclic) bond motifs is 1. The van der Waals surface area contributed by atoms with Gasteiger partial charge in [0.05, 0.1) is 0 Å². The highest BCUT2D eigenvalue weighted by Crippen LogP contribution is 2.20. The molecule has 102 valence electrons. The van der Waals surface area contributed by atoms with Crippen LogP contribution in [-0.4, -0.2) is 40.0 Å². The molecule has 19 heavy (non-hydrogen) atoms. The first-order valence-electron chi connectivity index (χ1n) is 7.15. The second-order valence-corrected chi connectivity index (χ2v) is 5.31. The molecule has 2 aliphatic rings. The summed E-state index contributed by atoms with van der Waals surface area (Å²) >= 11 is 0. The standard InChI is InChI=1S/C14H20N4O/c1-2-12-11-5-7-18(14(19)17-10-3-4-10)8-6-13(11)16-9-15-12/h9-10H,2-8H2,1H3,(H,17,19). The molecule has 0 bridgehead atoms. The Balaban J connectivity index is 1.71. The Hall–Kier alpha value is -1.65. The van der Waals surface area contributed by atoms with E-state index in [0.29, 0.717) is 6.04 Å². The van der Waals surface area contributed by atoms with Crippen molar-refractivity contribution in [1.29, 1.82) is 0 Å². The van der Waals surface area contributed by atoms with Crippen LogP contribution in [-0.2, 0) is 19.3 Å². The number of carbonyl (C=O) groups excluding carboxylic acids is 1. The molecule has 5 nitrogen and oxygen atoms in total. The van der Waals surface area contributed by atoms with Gasteiger partial charge in [-0.1, -0.05) is 6.92 Å². The predicted molar refractivity (Wildman–Crippen MR) is 71.9 cm³/mol. The molecule has 1 aliphatic carbocycles. The van der Waals surface area contributed by atoms with Gasteiger partial charge in [-0.05, 0) is 31.2 Å². The number of carbonyl (C=O) groups is 1. The Morgan fingerprint density at radius 2 is 2.16 bits per heavy atom. The second-order valence-electron chi connectivity index (χ2n) is 5.31. The summed E-state index contributed by atoms with van der Waals surface area (Å²) in [4.78, 5) is 22.7. The molecule has 5 heteroatoms. The number of nitrogens with one attached hydrogen (secondary N) is 1. The summed E-state index contributed by atoms with van der Waals surface area (Å²) in [6.07, 6.45) is 6.55. The van der Waals surface area contributed by atoms with E-state index in [-0.39, 0.29) is 6.03 Å². The second kappa shape index (κ2) is 5.15. The maximum atomic E-state index is 12.1. The Morgan fingerprint density at radius 1 is 1.37 bits per heavy atom. The molecule has 0 aromatic carbocycles. The third-order valence-corrected chi connectivity index (χ3v) is 3.90. The normalized spacial score (nSPS) is 18.7. The van der Waals surface area contributed by atoms with Crippen molar-refractivity contribution in [3.63, 3.8) is 0 Å². The van der Waals surface area contributed by atoms with E-state index in [1.54, 1.807) is 6.33 Å². The fraction of sp³-hybridized carbons (Fsp3) is 0.643. The SMILES string of the molecule is CCc1ncnc2c1CCN(C(=O)NC1CC1)CC2. The van der Waals surface area contributed by atoms with E-state index in [0.717, 1.165) is 56.6 Å². The third-order valence-electron chi connectivity index (χ3n) is 3.90. The van der Waals surface area contributed by atoms with Crippen molar-refractivity contribution in [3.05, 3.63) is 23.3 Å². The van der Waals surface area contributed by atoms with Crippen LogP contribution in [0.15, 0.2) is 6.33 Å². The van der Waals surface area contributed by atoms with Crippen molar-refractivity contribution in [2.24, 2.45) is 0 Å². The van der Waals surface area contributed by atoms with Crippen LogP contribution in [0.5, 0.6) is 0 Å². The highest BCUT2D eigenvalue weighted by Gasteiger charge is 2.27. The van der Waals surface area contributed by atoms with Gasteiger partial charge in [0.25, 0.3) is 0 Å². The first kappa shape index (κ1) is 12.4. The lowest BCUT2D eigenvalue weighted by atomic mass is 10.1. The molecule has 2 heterocycles. The van der Waals surface area contributed by atoms with E-state index in [2.05, 4.69) is 22.2 Å². The number of aromatic nitrogens is 2. The van der Waals surface area contributed by atoms with Crippen molar-refractivity contribution in [2.45, 2.75) is 45.1 Å². The summed E-state index contributed by atoms with van der Waals surface area (Å²) in [5, 5.41) is 3.06. The predicted octanol–water partition coefficient (Wildman–Crippen LogP) is 1.31. The van der Waals surface area contributed by atoms with Crippen LogP contribution in [0.25, 0.3) is 0 Å². The number of hydrogen-bond donors (Lipinski definition) is 1. The van der Waals surface area contributed by atoms with Crippen LogP contribution in [0.2, 0.25) is 0 Å². The monoisotopic (exact) mass is 260 g/mol. The Kier molecular flexibility index (Phi) is 3.36. The molecular weight excluding hydrogens is 240 g/mol. The molecule has 0 unspecified atom stereocenters. The minimum atomic E-state index is 0.0845. The Labute approximate surface area is 113 Å². The highest BCUT2D eigenvalue weighted by atomic mass is 16.2. The van der Waals surface area contributed by atoms with Crippen LogP contribution in [0, 0.1) is 0 Å². The average molecular weight is 260 g/mol. The Morgan fingerprint density at radius 3 is 2.89 bits per heavy atom. The van der Waals surface area contributed by atoms with Crippen LogP contribution in [0.4, 0.5) is 4.79 Å². The molecular formula is C14H20N4O. The van der Waals surface area contributed by atoms with Gasteiger partial charge in [-0.3, -0.25) is 0 Å². The van der Waals surface area contributed by atoms with Crippen molar-refractivity contribution >= 4 is 6.03 Å². The summed E-state index contributed by atoms with van der Waals surface area (Å²) in [6.45, 7) is 3.64. The lowest BCUT2D eigenvalue weighted by Crippen LogP contribution is -2.42. The van der Waals surface area contributed by atoms with Gasteiger partial charge < -0.3 is 10.2 Å². The van der Waals surface area contributed by atoms with E-state index in [1.807, 2.05) is 4.90 Å². The third kappa shape index (κ3) is 2.69. The molecule has 1 fully saturated rings. The lowest BCUT2D eigenvalue weighted by molar-refractivity contribution is 0.199. The minimum absolute atomic E-state index is 0.0845. The van der Waals surface area contributed by atoms with Crippen LogP contribution >= 0.6 is 0 Å². The van der Waals surface area contributed by atoms with Gasteiger partial charge in [-0.25, -0.2) is 14.8 Å². The molecule has 0 atom stereocenters. The molecule has 1 saturated carbocycles. The molecule has 0 spiro atoms. The number of rotatable bonds is 2. The molecule has 0 saturated heterocycles. The summed E-state index contributed by atoms with van der Waals surface area (Å²) in [7, 11) is 0. The maximum Gasteiger partial charge on any atom is 0.317 e. The van der Waals surface area contributed by atoms with Crippen molar-refractivity contribution in [1.82, 2.24) is 20.2 Å². The number of aryl methyl sites for hydroxylation is 1. The van der Waals surface area contributed by atoms with Crippen LogP contribution < -0.4 is 5.32 Å². The molecule has 1 aromatic rings. The van der Waals surface area contributed by atoms with Gasteiger partial charge in [-0.2, -0.15) is 0 Å². The van der Waals surface area contributed by atoms with E-state index in [9.17, 15) is 4.79 Å². The molecule has 3 rings (SSSR count). The zero-order valence-corrected chi connectivity index (χ0v) is 11.4. The number of nitrogens with zero attached hydrogens (tertiary/aromatic N) is 3. The average Bonchev–Trinajstić information content (AvgIpc) is 3.23. The molecule has 2 amide bonds. The van der Waals surface area contributed by atoms with Crippen molar-refractivity contribution in [3.8, 4) is 0 Å². The summed E-state index contributed by atoms with van der Waals surface area (Å²) in [6, 6.07) is 0.505. The fourth-order valence-corrected chi connectivity index (χ4v) is 2.60. The van der Waals surface area contributed by atoms with Gasteiger partial charge in [-0.15, -0.1) is 0 Å². The highest BCUT2D eigenvalue weighted by molar-refractivity contribution is 5.75. The summed E-state index contributed by atoms with van der Waals surface area (Å²) in [5.74, 6) is 0. The topological polar surface area (TPSA) is 58.1 Å². The van der Waals surface area contributed by atoms with Gasteiger partial charge in [0, 0.05) is 36.9 Å². The fourth-order valence-electron chi connectivity index (χ4n) is 2.60. The Bertz CT molecular complexity index is 484. The molecule has 0 radical (unpaired) electrons. The minimum Gasteiger partial charge on any atom is -0.335 e. The summed E-state index contributed by atoms with van der Waals surface area (Å²) in [5.41, 5.74) is 3.51. The van der Waals surface area contributed by atoms with E-state index in [1.165, 1.54) is 5.56 Å².